The van der Waals surface area contributed by atoms with E-state index in [-0.39, 0.29) is 17.6 Å². The summed E-state index contributed by atoms with van der Waals surface area (Å²) in [7, 11) is 0. The van der Waals surface area contributed by atoms with E-state index in [4.69, 9.17) is 4.55 Å². The minimum Gasteiger partial charge on any atom is -0.306 e. The maximum Gasteiger partial charge on any atom is 0.153 e. The highest BCUT2D eigenvalue weighted by Crippen LogP contribution is 2.39. The first-order valence-corrected chi connectivity index (χ1v) is 7.22. The summed E-state index contributed by atoms with van der Waals surface area (Å²) in [6, 6.07) is 9.76. The second kappa shape index (κ2) is 5.74. The standard InChI is InChI=1S/C13H17FO2S/c14-13-8-4-7-11(12(13)9-17(15)16)10-5-2-1-3-6-10/h1-3,5-6,11-13H,4,7-9H2,(H,15,16). The lowest BCUT2D eigenvalue weighted by Crippen LogP contribution is -2.32. The van der Waals surface area contributed by atoms with Crippen LogP contribution in [0.3, 0.4) is 0 Å². The summed E-state index contributed by atoms with van der Waals surface area (Å²) in [6.45, 7) is 0. The molecule has 0 radical (unpaired) electrons. The fraction of sp³-hybridized carbons (Fsp3) is 0.538. The van der Waals surface area contributed by atoms with Gasteiger partial charge < -0.3 is 4.55 Å². The molecule has 0 aliphatic heterocycles. The van der Waals surface area contributed by atoms with Gasteiger partial charge in [0.25, 0.3) is 0 Å². The molecule has 1 saturated carbocycles. The van der Waals surface area contributed by atoms with Crippen molar-refractivity contribution in [2.24, 2.45) is 5.92 Å². The molecular formula is C13H17FO2S. The van der Waals surface area contributed by atoms with E-state index >= 15 is 0 Å². The Hall–Kier alpha value is -0.740. The van der Waals surface area contributed by atoms with Crippen molar-refractivity contribution < 1.29 is 13.2 Å². The molecule has 1 aliphatic rings. The third-order valence-electron chi connectivity index (χ3n) is 3.54. The molecule has 1 fully saturated rings. The van der Waals surface area contributed by atoms with Gasteiger partial charge in [-0.3, -0.25) is 0 Å². The van der Waals surface area contributed by atoms with E-state index in [0.29, 0.717) is 6.42 Å². The van der Waals surface area contributed by atoms with Crippen LogP contribution in [0.15, 0.2) is 30.3 Å². The highest BCUT2D eigenvalue weighted by molar-refractivity contribution is 7.79. The Labute approximate surface area is 104 Å². The molecule has 0 spiro atoms. The summed E-state index contributed by atoms with van der Waals surface area (Å²) in [5.74, 6) is -0.200. The van der Waals surface area contributed by atoms with Crippen molar-refractivity contribution in [3.8, 4) is 0 Å². The Morgan fingerprint density at radius 2 is 2.00 bits per heavy atom. The second-order valence-electron chi connectivity index (χ2n) is 4.62. The molecule has 4 heteroatoms. The summed E-state index contributed by atoms with van der Waals surface area (Å²) in [5.41, 5.74) is 1.09. The van der Waals surface area contributed by atoms with Gasteiger partial charge in [0.15, 0.2) is 11.1 Å². The largest absolute Gasteiger partial charge is 0.306 e. The topological polar surface area (TPSA) is 37.3 Å². The molecule has 1 N–H and O–H groups in total. The Morgan fingerprint density at radius 1 is 1.29 bits per heavy atom. The van der Waals surface area contributed by atoms with Gasteiger partial charge in [-0.2, -0.15) is 0 Å². The van der Waals surface area contributed by atoms with Crippen LogP contribution >= 0.6 is 0 Å². The SMILES string of the molecule is O=S(O)CC1C(F)CCCC1c1ccccc1. The van der Waals surface area contributed by atoms with Gasteiger partial charge in [-0.05, 0) is 30.7 Å². The summed E-state index contributed by atoms with van der Waals surface area (Å²) >= 11 is -1.92. The average Bonchev–Trinajstić information content (AvgIpc) is 2.32. The monoisotopic (exact) mass is 256 g/mol. The van der Waals surface area contributed by atoms with Crippen molar-refractivity contribution >= 4 is 11.1 Å². The molecule has 1 aromatic rings. The van der Waals surface area contributed by atoms with Crippen molar-refractivity contribution in [2.75, 3.05) is 5.75 Å². The highest BCUT2D eigenvalue weighted by Gasteiger charge is 2.35. The van der Waals surface area contributed by atoms with E-state index in [2.05, 4.69) is 0 Å². The summed E-state index contributed by atoms with van der Waals surface area (Å²) in [6.07, 6.45) is 1.33. The van der Waals surface area contributed by atoms with E-state index in [1.165, 1.54) is 0 Å². The zero-order chi connectivity index (χ0) is 12.3. The highest BCUT2D eigenvalue weighted by atomic mass is 32.2. The molecule has 94 valence electrons. The molecule has 0 amide bonds. The van der Waals surface area contributed by atoms with Crippen LogP contribution in [0.4, 0.5) is 4.39 Å². The Bertz CT molecular complexity index is 382. The van der Waals surface area contributed by atoms with Gasteiger partial charge in [0, 0.05) is 5.92 Å². The second-order valence-corrected chi connectivity index (χ2v) is 5.59. The zero-order valence-electron chi connectivity index (χ0n) is 9.59. The lowest BCUT2D eigenvalue weighted by atomic mass is 9.75. The fourth-order valence-corrected chi connectivity index (χ4v) is 3.48. The number of hydrogen-bond donors (Lipinski definition) is 1. The minimum absolute atomic E-state index is 0.0424. The van der Waals surface area contributed by atoms with Gasteiger partial charge in [0.2, 0.25) is 0 Å². The Balaban J connectivity index is 2.20. The Morgan fingerprint density at radius 3 is 2.65 bits per heavy atom. The van der Waals surface area contributed by atoms with Crippen LogP contribution in [-0.2, 0) is 11.1 Å². The van der Waals surface area contributed by atoms with Crippen LogP contribution in [-0.4, -0.2) is 20.7 Å². The minimum atomic E-state index is -1.92. The first-order valence-electron chi connectivity index (χ1n) is 5.95. The van der Waals surface area contributed by atoms with E-state index < -0.39 is 17.3 Å². The van der Waals surface area contributed by atoms with Crippen LogP contribution in [0.2, 0.25) is 0 Å². The molecule has 17 heavy (non-hydrogen) atoms. The van der Waals surface area contributed by atoms with Gasteiger partial charge in [-0.1, -0.05) is 30.3 Å². The first kappa shape index (κ1) is 12.7. The maximum absolute atomic E-state index is 13.9. The van der Waals surface area contributed by atoms with Crippen molar-refractivity contribution in [2.45, 2.75) is 31.4 Å². The van der Waals surface area contributed by atoms with Crippen molar-refractivity contribution in [1.29, 1.82) is 0 Å². The average molecular weight is 256 g/mol. The predicted molar refractivity (Wildman–Crippen MR) is 67.1 cm³/mol. The zero-order valence-corrected chi connectivity index (χ0v) is 10.4. The van der Waals surface area contributed by atoms with Crippen molar-refractivity contribution in [3.05, 3.63) is 35.9 Å². The summed E-state index contributed by atoms with van der Waals surface area (Å²) < 4.78 is 33.8. The van der Waals surface area contributed by atoms with E-state index in [1.807, 2.05) is 30.3 Å². The normalized spacial score (nSPS) is 31.1. The molecule has 0 bridgehead atoms. The van der Waals surface area contributed by atoms with Gasteiger partial charge in [-0.15, -0.1) is 0 Å². The van der Waals surface area contributed by atoms with Gasteiger partial charge in [0.05, 0.1) is 5.75 Å². The third-order valence-corrected chi connectivity index (χ3v) is 4.21. The van der Waals surface area contributed by atoms with Crippen LogP contribution in [0, 0.1) is 5.92 Å². The number of rotatable bonds is 3. The molecule has 2 rings (SSSR count). The van der Waals surface area contributed by atoms with Gasteiger partial charge in [-0.25, -0.2) is 8.60 Å². The number of hydrogen-bond acceptors (Lipinski definition) is 1. The number of alkyl halides is 1. The maximum atomic E-state index is 13.9. The van der Waals surface area contributed by atoms with E-state index in [0.717, 1.165) is 18.4 Å². The smallest absolute Gasteiger partial charge is 0.153 e. The fourth-order valence-electron chi connectivity index (χ4n) is 2.71. The van der Waals surface area contributed by atoms with E-state index in [1.54, 1.807) is 0 Å². The van der Waals surface area contributed by atoms with Gasteiger partial charge in [0.1, 0.15) is 6.17 Å². The predicted octanol–water partition coefficient (Wildman–Crippen LogP) is 3.13. The van der Waals surface area contributed by atoms with Crippen molar-refractivity contribution in [1.82, 2.24) is 0 Å². The number of halogens is 1. The van der Waals surface area contributed by atoms with Crippen LogP contribution < -0.4 is 0 Å². The van der Waals surface area contributed by atoms with Crippen molar-refractivity contribution in [3.63, 3.8) is 0 Å². The molecule has 4 unspecified atom stereocenters. The Kier molecular flexibility index (Phi) is 4.29. The molecule has 2 nitrogen and oxygen atoms in total. The molecular weight excluding hydrogens is 239 g/mol. The lowest BCUT2D eigenvalue weighted by Gasteiger charge is -2.33. The third kappa shape index (κ3) is 3.13. The molecule has 0 aromatic heterocycles. The first-order chi connectivity index (χ1) is 8.18. The van der Waals surface area contributed by atoms with E-state index in [9.17, 15) is 8.60 Å². The molecule has 0 heterocycles. The van der Waals surface area contributed by atoms with Gasteiger partial charge >= 0.3 is 0 Å². The quantitative estimate of drug-likeness (QED) is 0.844. The molecule has 1 aliphatic carbocycles. The molecule has 4 atom stereocenters. The van der Waals surface area contributed by atoms with Crippen LogP contribution in [0.1, 0.15) is 30.7 Å². The molecule has 1 aromatic carbocycles. The molecule has 0 saturated heterocycles. The summed E-state index contributed by atoms with van der Waals surface area (Å²) in [5, 5.41) is 0. The summed E-state index contributed by atoms with van der Waals surface area (Å²) in [4.78, 5) is 0. The lowest BCUT2D eigenvalue weighted by molar-refractivity contribution is 0.158. The van der Waals surface area contributed by atoms with Crippen LogP contribution in [0.5, 0.6) is 0 Å². The van der Waals surface area contributed by atoms with Crippen LogP contribution in [0.25, 0.3) is 0 Å². The number of benzene rings is 1.